The van der Waals surface area contributed by atoms with Crippen molar-refractivity contribution < 1.29 is 0 Å². The third-order valence-corrected chi connectivity index (χ3v) is 3.91. The summed E-state index contributed by atoms with van der Waals surface area (Å²) < 4.78 is 0. The molecule has 1 fully saturated rings. The van der Waals surface area contributed by atoms with Crippen molar-refractivity contribution in [1.29, 1.82) is 0 Å². The van der Waals surface area contributed by atoms with Gasteiger partial charge < -0.3 is 10.2 Å². The molecule has 2 heterocycles. The lowest BCUT2D eigenvalue weighted by molar-refractivity contribution is 0.949. The van der Waals surface area contributed by atoms with Crippen molar-refractivity contribution in [3.05, 3.63) is 40.8 Å². The van der Waals surface area contributed by atoms with Gasteiger partial charge in [0.15, 0.2) is 0 Å². The molecule has 3 rings (SSSR count). The lowest BCUT2D eigenvalue weighted by atomic mass is 10.2. The summed E-state index contributed by atoms with van der Waals surface area (Å²) in [5, 5.41) is 5.51. The molecule has 0 amide bonds. The van der Waals surface area contributed by atoms with Gasteiger partial charge in [-0.05, 0) is 31.0 Å². The van der Waals surface area contributed by atoms with E-state index in [9.17, 15) is 0 Å². The molecular weight excluding hydrogens is 242 g/mol. The van der Waals surface area contributed by atoms with E-state index in [-0.39, 0.29) is 0 Å². The molecule has 18 heavy (non-hydrogen) atoms. The lowest BCUT2D eigenvalue weighted by Crippen LogP contribution is -2.17. The molecule has 1 N–H and O–H groups in total. The van der Waals surface area contributed by atoms with E-state index in [0.29, 0.717) is 0 Å². The third kappa shape index (κ3) is 2.64. The molecule has 2 aromatic rings. The predicted molar refractivity (Wildman–Crippen MR) is 77.3 cm³/mol. The van der Waals surface area contributed by atoms with Crippen molar-refractivity contribution in [2.75, 3.05) is 23.3 Å². The highest BCUT2D eigenvalue weighted by Crippen LogP contribution is 2.23. The molecule has 0 bridgehead atoms. The van der Waals surface area contributed by atoms with Crippen LogP contribution in [0, 0.1) is 0 Å². The average molecular weight is 259 g/mol. The summed E-state index contributed by atoms with van der Waals surface area (Å²) in [6, 6.07) is 8.67. The van der Waals surface area contributed by atoms with E-state index in [2.05, 4.69) is 44.8 Å². The number of hydrogen-bond acceptors (Lipinski definition) is 4. The highest BCUT2D eigenvalue weighted by atomic mass is 32.1. The normalized spacial score (nSPS) is 15.0. The van der Waals surface area contributed by atoms with Gasteiger partial charge in [-0.2, -0.15) is 0 Å². The molecule has 3 nitrogen and oxygen atoms in total. The van der Waals surface area contributed by atoms with Gasteiger partial charge in [0.2, 0.25) is 0 Å². The van der Waals surface area contributed by atoms with Crippen LogP contribution in [0.2, 0.25) is 0 Å². The Balaban J connectivity index is 1.66. The van der Waals surface area contributed by atoms with Crippen LogP contribution in [0.15, 0.2) is 35.2 Å². The van der Waals surface area contributed by atoms with Crippen molar-refractivity contribution in [1.82, 2.24) is 4.98 Å². The number of hydrogen-bond donors (Lipinski definition) is 1. The molecule has 0 atom stereocenters. The fourth-order valence-electron chi connectivity index (χ4n) is 2.31. The largest absolute Gasteiger partial charge is 0.379 e. The van der Waals surface area contributed by atoms with Crippen LogP contribution >= 0.6 is 11.3 Å². The zero-order valence-corrected chi connectivity index (χ0v) is 11.1. The van der Waals surface area contributed by atoms with Gasteiger partial charge in [0.1, 0.15) is 0 Å². The molecule has 1 aliphatic rings. The van der Waals surface area contributed by atoms with Gasteiger partial charge in [-0.25, -0.2) is 4.98 Å². The first-order valence-corrected chi connectivity index (χ1v) is 7.32. The average Bonchev–Trinajstić information content (AvgIpc) is 3.10. The predicted octanol–water partition coefficient (Wildman–Crippen LogP) is 3.36. The van der Waals surface area contributed by atoms with E-state index in [4.69, 9.17) is 0 Å². The monoisotopic (exact) mass is 259 g/mol. The standard InChI is InChI=1S/C14H17N3S/c1-2-7-17(6-1)14-5-3-4-12(8-14)15-9-13-10-18-11-16-13/h3-5,8,10-11,15H,1-2,6-7,9H2. The van der Waals surface area contributed by atoms with Crippen molar-refractivity contribution in [3.63, 3.8) is 0 Å². The van der Waals surface area contributed by atoms with Gasteiger partial charge in [-0.1, -0.05) is 6.07 Å². The number of rotatable bonds is 4. The van der Waals surface area contributed by atoms with Crippen LogP contribution in [0.5, 0.6) is 0 Å². The molecule has 0 saturated carbocycles. The number of nitrogens with one attached hydrogen (secondary N) is 1. The second-order valence-electron chi connectivity index (χ2n) is 4.58. The van der Waals surface area contributed by atoms with Gasteiger partial charge >= 0.3 is 0 Å². The second-order valence-corrected chi connectivity index (χ2v) is 5.30. The van der Waals surface area contributed by atoms with Crippen molar-refractivity contribution in [2.45, 2.75) is 19.4 Å². The highest BCUT2D eigenvalue weighted by Gasteiger charge is 2.12. The summed E-state index contributed by atoms with van der Waals surface area (Å²) in [7, 11) is 0. The number of nitrogens with zero attached hydrogens (tertiary/aromatic N) is 2. The first-order chi connectivity index (χ1) is 8.92. The summed E-state index contributed by atoms with van der Waals surface area (Å²) in [6.07, 6.45) is 2.63. The number of anilines is 2. The van der Waals surface area contributed by atoms with Crippen LogP contribution in [0.3, 0.4) is 0 Å². The van der Waals surface area contributed by atoms with Gasteiger partial charge in [0, 0.05) is 29.8 Å². The summed E-state index contributed by atoms with van der Waals surface area (Å²) in [5.74, 6) is 0. The van der Waals surface area contributed by atoms with Gasteiger partial charge in [0.05, 0.1) is 17.7 Å². The Morgan fingerprint density at radius 1 is 1.28 bits per heavy atom. The Labute approximate surface area is 111 Å². The topological polar surface area (TPSA) is 28.2 Å². The molecule has 0 unspecified atom stereocenters. The number of thiazole rings is 1. The zero-order chi connectivity index (χ0) is 12.2. The van der Waals surface area contributed by atoms with Gasteiger partial charge in [-0.15, -0.1) is 11.3 Å². The third-order valence-electron chi connectivity index (χ3n) is 3.27. The smallest absolute Gasteiger partial charge is 0.0795 e. The Hall–Kier alpha value is -1.55. The Kier molecular flexibility index (Phi) is 3.46. The maximum Gasteiger partial charge on any atom is 0.0795 e. The summed E-state index contributed by atoms with van der Waals surface area (Å²) in [4.78, 5) is 6.73. The summed E-state index contributed by atoms with van der Waals surface area (Å²) >= 11 is 1.64. The quantitative estimate of drug-likeness (QED) is 0.912. The molecule has 1 saturated heterocycles. The first-order valence-electron chi connectivity index (χ1n) is 6.38. The Morgan fingerprint density at radius 3 is 2.94 bits per heavy atom. The molecule has 4 heteroatoms. The van der Waals surface area contributed by atoms with Crippen molar-refractivity contribution in [2.24, 2.45) is 0 Å². The summed E-state index contributed by atoms with van der Waals surface area (Å²) in [5.41, 5.74) is 5.48. The van der Waals surface area contributed by atoms with E-state index in [1.54, 1.807) is 11.3 Å². The molecule has 1 aromatic heterocycles. The van der Waals surface area contributed by atoms with E-state index in [1.165, 1.54) is 37.3 Å². The van der Waals surface area contributed by atoms with Crippen molar-refractivity contribution >= 4 is 22.7 Å². The molecule has 1 aliphatic heterocycles. The van der Waals surface area contributed by atoms with Crippen LogP contribution in [0.4, 0.5) is 11.4 Å². The van der Waals surface area contributed by atoms with Crippen LogP contribution in [0.1, 0.15) is 18.5 Å². The van der Waals surface area contributed by atoms with E-state index >= 15 is 0 Å². The van der Waals surface area contributed by atoms with Crippen molar-refractivity contribution in [3.8, 4) is 0 Å². The van der Waals surface area contributed by atoms with Crippen LogP contribution in [0.25, 0.3) is 0 Å². The molecule has 0 radical (unpaired) electrons. The lowest BCUT2D eigenvalue weighted by Gasteiger charge is -2.18. The minimum Gasteiger partial charge on any atom is -0.379 e. The van der Waals surface area contributed by atoms with Gasteiger partial charge in [0.25, 0.3) is 0 Å². The first kappa shape index (κ1) is 11.5. The molecular formula is C14H17N3S. The van der Waals surface area contributed by atoms with E-state index < -0.39 is 0 Å². The second kappa shape index (κ2) is 5.40. The van der Waals surface area contributed by atoms with Crippen LogP contribution in [-0.4, -0.2) is 18.1 Å². The fourth-order valence-corrected chi connectivity index (χ4v) is 2.86. The maximum absolute atomic E-state index is 4.28. The van der Waals surface area contributed by atoms with E-state index in [0.717, 1.165) is 12.2 Å². The maximum atomic E-state index is 4.28. The SMILES string of the molecule is c1cc(NCc2cscn2)cc(N2CCCC2)c1. The minimum atomic E-state index is 0.799. The number of benzene rings is 1. The molecule has 94 valence electrons. The Morgan fingerprint density at radius 2 is 2.17 bits per heavy atom. The minimum absolute atomic E-state index is 0.799. The summed E-state index contributed by atoms with van der Waals surface area (Å²) in [6.45, 7) is 3.18. The Bertz CT molecular complexity index is 490. The molecule has 0 aliphatic carbocycles. The highest BCUT2D eigenvalue weighted by molar-refractivity contribution is 7.07. The molecule has 0 spiro atoms. The number of aromatic nitrogens is 1. The van der Waals surface area contributed by atoms with E-state index in [1.807, 2.05) is 5.51 Å². The zero-order valence-electron chi connectivity index (χ0n) is 10.3. The molecule has 1 aromatic carbocycles. The van der Waals surface area contributed by atoms with Gasteiger partial charge in [-0.3, -0.25) is 0 Å². The fraction of sp³-hybridized carbons (Fsp3) is 0.357. The van der Waals surface area contributed by atoms with Crippen LogP contribution < -0.4 is 10.2 Å². The van der Waals surface area contributed by atoms with Crippen LogP contribution in [-0.2, 0) is 6.54 Å².